The zero-order valence-corrected chi connectivity index (χ0v) is 16.8. The van der Waals surface area contributed by atoms with Crippen molar-refractivity contribution in [3.63, 3.8) is 0 Å². The molecule has 0 amide bonds. The van der Waals surface area contributed by atoms with Crippen LogP contribution >= 0.6 is 7.37 Å². The lowest BCUT2D eigenvalue weighted by atomic mass is 10.2. The lowest BCUT2D eigenvalue weighted by molar-refractivity contribution is -0.147. The van der Waals surface area contributed by atoms with Gasteiger partial charge in [-0.3, -0.25) is 9.36 Å². The van der Waals surface area contributed by atoms with E-state index in [4.69, 9.17) is 9.26 Å². The normalized spacial score (nSPS) is 14.7. The molecule has 4 nitrogen and oxygen atoms in total. The molecule has 0 aromatic heterocycles. The van der Waals surface area contributed by atoms with Gasteiger partial charge in [-0.05, 0) is 25.0 Å². The van der Waals surface area contributed by atoms with Gasteiger partial charge in [0.15, 0.2) is 0 Å². The van der Waals surface area contributed by atoms with Crippen LogP contribution < -0.4 is 5.30 Å². The highest BCUT2D eigenvalue weighted by Gasteiger charge is 2.31. The number of unbranched alkanes of at least 4 members (excludes halogenated alkanes) is 4. The van der Waals surface area contributed by atoms with E-state index in [1.165, 1.54) is 0 Å². The number of hydrogen-bond donors (Lipinski definition) is 0. The molecule has 0 N–H and O–H groups in total. The summed E-state index contributed by atoms with van der Waals surface area (Å²) in [6.07, 6.45) is 6.20. The Bertz CT molecular complexity index is 530. The molecule has 0 aliphatic rings. The zero-order valence-electron chi connectivity index (χ0n) is 15.9. The average molecular weight is 368 g/mol. The largest absolute Gasteiger partial charge is 0.465 e. The molecule has 0 saturated heterocycles. The first-order valence-electron chi connectivity index (χ1n) is 9.49. The second kappa shape index (κ2) is 12.3. The van der Waals surface area contributed by atoms with Gasteiger partial charge in [-0.25, -0.2) is 0 Å². The molecule has 0 aliphatic carbocycles. The van der Waals surface area contributed by atoms with Gasteiger partial charge in [-0.2, -0.15) is 0 Å². The lowest BCUT2D eigenvalue weighted by Gasteiger charge is -2.22. The van der Waals surface area contributed by atoms with Gasteiger partial charge >= 0.3 is 5.97 Å². The molecule has 2 atom stereocenters. The van der Waals surface area contributed by atoms with Crippen molar-refractivity contribution >= 4 is 18.6 Å². The average Bonchev–Trinajstić information content (AvgIpc) is 2.63. The Morgan fingerprint density at radius 1 is 1.00 bits per heavy atom. The predicted octanol–water partition coefficient (Wildman–Crippen LogP) is 5.17. The Kier molecular flexibility index (Phi) is 10.8. The highest BCUT2D eigenvalue weighted by atomic mass is 31.2. The van der Waals surface area contributed by atoms with Crippen molar-refractivity contribution in [2.75, 3.05) is 19.4 Å². The summed E-state index contributed by atoms with van der Waals surface area (Å²) in [5, 5.41) is 0.678. The van der Waals surface area contributed by atoms with Gasteiger partial charge in [-0.15, -0.1) is 0 Å². The van der Waals surface area contributed by atoms with Crippen LogP contribution in [0.15, 0.2) is 30.3 Å². The molecule has 0 fully saturated rings. The van der Waals surface area contributed by atoms with E-state index < -0.39 is 13.3 Å². The maximum Gasteiger partial charge on any atom is 0.309 e. The quantitative estimate of drug-likeness (QED) is 0.274. The van der Waals surface area contributed by atoms with E-state index in [-0.39, 0.29) is 12.1 Å². The van der Waals surface area contributed by atoms with E-state index in [1.807, 2.05) is 30.3 Å². The van der Waals surface area contributed by atoms with Gasteiger partial charge in [-0.1, -0.05) is 64.7 Å². The molecular weight excluding hydrogens is 335 g/mol. The Balaban J connectivity index is 2.69. The van der Waals surface area contributed by atoms with Gasteiger partial charge in [0.05, 0.1) is 19.1 Å². The van der Waals surface area contributed by atoms with E-state index in [1.54, 1.807) is 6.92 Å². The fourth-order valence-corrected chi connectivity index (χ4v) is 4.94. The van der Waals surface area contributed by atoms with Crippen molar-refractivity contribution in [2.24, 2.45) is 5.92 Å². The van der Waals surface area contributed by atoms with Crippen molar-refractivity contribution < 1.29 is 18.6 Å². The summed E-state index contributed by atoms with van der Waals surface area (Å²) in [6.45, 7) is 6.89. The molecule has 0 saturated carbocycles. The van der Waals surface area contributed by atoms with Crippen molar-refractivity contribution in [1.29, 1.82) is 0 Å². The van der Waals surface area contributed by atoms with E-state index in [9.17, 15) is 9.36 Å². The second-order valence-corrected chi connectivity index (χ2v) is 8.99. The minimum absolute atomic E-state index is 0.190. The minimum Gasteiger partial charge on any atom is -0.465 e. The lowest BCUT2D eigenvalue weighted by Crippen LogP contribution is -2.23. The zero-order chi connectivity index (χ0) is 18.5. The van der Waals surface area contributed by atoms with Crippen LogP contribution in [0.5, 0.6) is 0 Å². The summed E-state index contributed by atoms with van der Waals surface area (Å²) < 4.78 is 24.6. The maximum atomic E-state index is 13.4. The fourth-order valence-electron chi connectivity index (χ4n) is 2.55. The van der Waals surface area contributed by atoms with E-state index in [2.05, 4.69) is 13.8 Å². The smallest absolute Gasteiger partial charge is 0.309 e. The highest BCUT2D eigenvalue weighted by Crippen LogP contribution is 2.47. The first kappa shape index (κ1) is 21.9. The van der Waals surface area contributed by atoms with E-state index in [0.29, 0.717) is 18.5 Å². The molecule has 0 spiro atoms. The molecule has 2 unspecified atom stereocenters. The van der Waals surface area contributed by atoms with Crippen LogP contribution in [0.4, 0.5) is 0 Å². The minimum atomic E-state index is -3.07. The molecule has 1 rings (SSSR count). The third-order valence-corrected chi connectivity index (χ3v) is 6.82. The molecule has 5 heteroatoms. The standard InChI is InChI=1S/C20H33O4P/c1-4-6-11-15-23-20(21)18(3)17-25(22,24-16-12-7-5-2)19-13-9-8-10-14-19/h8-10,13-14,18H,4-7,11-12,15-17H2,1-3H3. The first-order valence-corrected chi connectivity index (χ1v) is 11.3. The van der Waals surface area contributed by atoms with Crippen LogP contribution in [-0.4, -0.2) is 25.3 Å². The Morgan fingerprint density at radius 2 is 1.60 bits per heavy atom. The van der Waals surface area contributed by atoms with Gasteiger partial charge in [0.25, 0.3) is 0 Å². The molecule has 0 radical (unpaired) electrons. The number of ether oxygens (including phenoxy) is 1. The molecule has 0 bridgehead atoms. The summed E-state index contributed by atoms with van der Waals surface area (Å²) in [5.74, 6) is -0.733. The summed E-state index contributed by atoms with van der Waals surface area (Å²) in [6, 6.07) is 9.23. The van der Waals surface area contributed by atoms with Crippen LogP contribution in [0.1, 0.15) is 59.3 Å². The van der Waals surface area contributed by atoms with Crippen molar-refractivity contribution in [1.82, 2.24) is 0 Å². The molecule has 0 aliphatic heterocycles. The number of rotatable bonds is 13. The third-order valence-electron chi connectivity index (χ3n) is 4.11. The summed E-state index contributed by atoms with van der Waals surface area (Å²) in [5.41, 5.74) is 0. The van der Waals surface area contributed by atoms with Gasteiger partial charge in [0.2, 0.25) is 7.37 Å². The highest BCUT2D eigenvalue weighted by molar-refractivity contribution is 7.67. The van der Waals surface area contributed by atoms with Crippen LogP contribution in [-0.2, 0) is 18.6 Å². The molecular formula is C20H33O4P. The predicted molar refractivity (Wildman–Crippen MR) is 104 cm³/mol. The van der Waals surface area contributed by atoms with E-state index in [0.717, 1.165) is 38.5 Å². The fraction of sp³-hybridized carbons (Fsp3) is 0.650. The van der Waals surface area contributed by atoms with Gasteiger partial charge < -0.3 is 9.26 Å². The first-order chi connectivity index (χ1) is 12.0. The van der Waals surface area contributed by atoms with Crippen molar-refractivity contribution in [3.05, 3.63) is 30.3 Å². The van der Waals surface area contributed by atoms with Gasteiger partial charge in [0.1, 0.15) is 0 Å². The summed E-state index contributed by atoms with van der Waals surface area (Å²) in [7, 11) is -3.07. The number of hydrogen-bond acceptors (Lipinski definition) is 4. The Hall–Kier alpha value is -1.12. The Morgan fingerprint density at radius 3 is 2.20 bits per heavy atom. The number of esters is 1. The second-order valence-electron chi connectivity index (χ2n) is 6.51. The summed E-state index contributed by atoms with van der Waals surface area (Å²) >= 11 is 0. The molecule has 142 valence electrons. The monoisotopic (exact) mass is 368 g/mol. The van der Waals surface area contributed by atoms with E-state index >= 15 is 0 Å². The number of carbonyl (C=O) groups excluding carboxylic acids is 1. The number of benzene rings is 1. The molecule has 25 heavy (non-hydrogen) atoms. The topological polar surface area (TPSA) is 52.6 Å². The maximum absolute atomic E-state index is 13.4. The third kappa shape index (κ3) is 8.20. The van der Waals surface area contributed by atoms with Crippen LogP contribution in [0.3, 0.4) is 0 Å². The van der Waals surface area contributed by atoms with Gasteiger partial charge in [0, 0.05) is 11.5 Å². The number of carbonyl (C=O) groups is 1. The van der Waals surface area contributed by atoms with Crippen LogP contribution in [0.25, 0.3) is 0 Å². The SMILES string of the molecule is CCCCCOC(=O)C(C)CP(=O)(OCCCCC)c1ccccc1. The van der Waals surface area contributed by atoms with Crippen molar-refractivity contribution in [3.8, 4) is 0 Å². The van der Waals surface area contributed by atoms with Crippen LogP contribution in [0, 0.1) is 5.92 Å². The Labute approximate surface area is 152 Å². The van der Waals surface area contributed by atoms with Crippen LogP contribution in [0.2, 0.25) is 0 Å². The summed E-state index contributed by atoms with van der Waals surface area (Å²) in [4.78, 5) is 12.2. The molecule has 1 aromatic carbocycles. The van der Waals surface area contributed by atoms with Crippen molar-refractivity contribution in [2.45, 2.75) is 59.3 Å². The molecule has 0 heterocycles. The molecule has 1 aromatic rings.